The van der Waals surface area contributed by atoms with Gasteiger partial charge in [-0.3, -0.25) is 4.79 Å². The van der Waals surface area contributed by atoms with Crippen molar-refractivity contribution < 1.29 is 9.53 Å². The Morgan fingerprint density at radius 1 is 1.23 bits per heavy atom. The highest BCUT2D eigenvalue weighted by Crippen LogP contribution is 2.26. The minimum atomic E-state index is 0.00871. The molecule has 2 rings (SSSR count). The highest BCUT2D eigenvalue weighted by atomic mass is 16.5. The van der Waals surface area contributed by atoms with Gasteiger partial charge in [0.05, 0.1) is 6.10 Å². The number of aliphatic imine (C=N–C) groups is 1. The highest BCUT2D eigenvalue weighted by molar-refractivity contribution is 5.85. The number of hydrogen-bond acceptors (Lipinski definition) is 3. The van der Waals surface area contributed by atoms with Crippen molar-refractivity contribution in [1.29, 1.82) is 0 Å². The van der Waals surface area contributed by atoms with E-state index in [-0.39, 0.29) is 12.5 Å². The quantitative estimate of drug-likeness (QED) is 0.428. The predicted molar refractivity (Wildman–Crippen MR) is 106 cm³/mol. The van der Waals surface area contributed by atoms with Crippen molar-refractivity contribution in [2.24, 2.45) is 10.9 Å². The summed E-state index contributed by atoms with van der Waals surface area (Å²) in [5.41, 5.74) is 1.05. The average Bonchev–Trinajstić information content (AvgIpc) is 3.13. The van der Waals surface area contributed by atoms with Gasteiger partial charge in [0.2, 0.25) is 5.91 Å². The van der Waals surface area contributed by atoms with Gasteiger partial charge in [0.1, 0.15) is 6.54 Å². The van der Waals surface area contributed by atoms with Crippen molar-refractivity contribution in [2.75, 3.05) is 46.9 Å². The number of rotatable bonds is 7. The van der Waals surface area contributed by atoms with E-state index >= 15 is 0 Å². The lowest BCUT2D eigenvalue weighted by Crippen LogP contribution is -2.48. The fourth-order valence-corrected chi connectivity index (χ4v) is 3.47. The SMILES string of the molecule is C=C(C)CNC(=NCC(=O)N(C)C)N1CCC(OCC2CCCC2)CC1. The summed E-state index contributed by atoms with van der Waals surface area (Å²) in [7, 11) is 3.51. The molecule has 2 fully saturated rings. The number of nitrogens with one attached hydrogen (secondary N) is 1. The Kier molecular flexibility index (Phi) is 8.42. The molecule has 6 nitrogen and oxygen atoms in total. The van der Waals surface area contributed by atoms with Crippen LogP contribution < -0.4 is 5.32 Å². The number of nitrogens with zero attached hydrogens (tertiary/aromatic N) is 3. The van der Waals surface area contributed by atoms with E-state index in [9.17, 15) is 4.79 Å². The third-order valence-electron chi connectivity index (χ3n) is 5.20. The third-order valence-corrected chi connectivity index (χ3v) is 5.20. The lowest BCUT2D eigenvalue weighted by molar-refractivity contribution is -0.127. The lowest BCUT2D eigenvalue weighted by atomic mass is 10.1. The molecule has 26 heavy (non-hydrogen) atoms. The average molecular weight is 365 g/mol. The summed E-state index contributed by atoms with van der Waals surface area (Å²) in [6.07, 6.45) is 7.79. The lowest BCUT2D eigenvalue weighted by Gasteiger charge is -2.34. The molecule has 0 bridgehead atoms. The van der Waals surface area contributed by atoms with E-state index in [0.29, 0.717) is 12.6 Å². The van der Waals surface area contributed by atoms with Crippen molar-refractivity contribution >= 4 is 11.9 Å². The Bertz CT molecular complexity index is 490. The molecular formula is C20H36N4O2. The largest absolute Gasteiger partial charge is 0.378 e. The summed E-state index contributed by atoms with van der Waals surface area (Å²) in [5, 5.41) is 3.34. The van der Waals surface area contributed by atoms with Gasteiger partial charge in [0.25, 0.3) is 0 Å². The fourth-order valence-electron chi connectivity index (χ4n) is 3.47. The van der Waals surface area contributed by atoms with Crippen LogP contribution in [-0.2, 0) is 9.53 Å². The predicted octanol–water partition coefficient (Wildman–Crippen LogP) is 2.27. The summed E-state index contributed by atoms with van der Waals surface area (Å²) in [4.78, 5) is 20.2. The first-order valence-corrected chi connectivity index (χ1v) is 9.95. The Hall–Kier alpha value is -1.56. The van der Waals surface area contributed by atoms with Crippen LogP contribution in [0, 0.1) is 5.92 Å². The highest BCUT2D eigenvalue weighted by Gasteiger charge is 2.24. The standard InChI is InChI=1S/C20H36N4O2/c1-16(2)13-21-20(22-14-19(25)23(3)4)24-11-9-18(10-12-24)26-15-17-7-5-6-8-17/h17-18H,1,5-15H2,2-4H3,(H,21,22). The van der Waals surface area contributed by atoms with Crippen LogP contribution in [0.4, 0.5) is 0 Å². The number of likely N-dealkylation sites (tertiary alicyclic amines) is 1. The van der Waals surface area contributed by atoms with Crippen LogP contribution >= 0.6 is 0 Å². The van der Waals surface area contributed by atoms with Gasteiger partial charge in [0, 0.05) is 40.3 Å². The molecule has 1 saturated carbocycles. The summed E-state index contributed by atoms with van der Waals surface area (Å²) >= 11 is 0. The minimum absolute atomic E-state index is 0.00871. The first kappa shape index (κ1) is 20.7. The molecule has 6 heteroatoms. The van der Waals surface area contributed by atoms with E-state index in [2.05, 4.69) is 21.8 Å². The van der Waals surface area contributed by atoms with Gasteiger partial charge in [-0.25, -0.2) is 4.99 Å². The zero-order valence-corrected chi connectivity index (χ0v) is 16.8. The van der Waals surface area contributed by atoms with E-state index < -0.39 is 0 Å². The maximum atomic E-state index is 11.9. The number of carbonyl (C=O) groups is 1. The van der Waals surface area contributed by atoms with Gasteiger partial charge >= 0.3 is 0 Å². The zero-order valence-electron chi connectivity index (χ0n) is 16.8. The molecule has 1 aliphatic heterocycles. The smallest absolute Gasteiger partial charge is 0.243 e. The molecule has 2 aliphatic rings. The molecule has 0 atom stereocenters. The Morgan fingerprint density at radius 3 is 2.46 bits per heavy atom. The molecule has 1 heterocycles. The maximum Gasteiger partial charge on any atom is 0.243 e. The van der Waals surface area contributed by atoms with Crippen LogP contribution in [0.15, 0.2) is 17.1 Å². The molecule has 148 valence electrons. The molecular weight excluding hydrogens is 328 g/mol. The molecule has 1 amide bonds. The van der Waals surface area contributed by atoms with Crippen LogP contribution in [0.2, 0.25) is 0 Å². The Balaban J connectivity index is 1.82. The summed E-state index contributed by atoms with van der Waals surface area (Å²) in [5.74, 6) is 1.59. The number of ether oxygens (including phenoxy) is 1. The second kappa shape index (κ2) is 10.6. The number of likely N-dealkylation sites (N-methyl/N-ethyl adjacent to an activating group) is 1. The van der Waals surface area contributed by atoms with E-state index in [4.69, 9.17) is 4.74 Å². The normalized spacial score (nSPS) is 19.7. The fraction of sp³-hybridized carbons (Fsp3) is 0.800. The molecule has 1 saturated heterocycles. The number of hydrogen-bond donors (Lipinski definition) is 1. The van der Waals surface area contributed by atoms with Crippen molar-refractivity contribution in [3.8, 4) is 0 Å². The number of amides is 1. The van der Waals surface area contributed by atoms with Crippen molar-refractivity contribution in [3.63, 3.8) is 0 Å². The summed E-state index contributed by atoms with van der Waals surface area (Å²) in [6, 6.07) is 0. The molecule has 0 unspecified atom stereocenters. The number of carbonyl (C=O) groups excluding carboxylic acids is 1. The topological polar surface area (TPSA) is 57.2 Å². The first-order valence-electron chi connectivity index (χ1n) is 9.95. The second-order valence-corrected chi connectivity index (χ2v) is 7.91. The number of piperidine rings is 1. The van der Waals surface area contributed by atoms with Crippen LogP contribution in [0.25, 0.3) is 0 Å². The van der Waals surface area contributed by atoms with Crippen LogP contribution in [-0.4, -0.2) is 74.7 Å². The van der Waals surface area contributed by atoms with E-state index in [1.54, 1.807) is 19.0 Å². The Labute approximate surface area is 158 Å². The van der Waals surface area contributed by atoms with Gasteiger partial charge in [-0.15, -0.1) is 0 Å². The first-order chi connectivity index (χ1) is 12.5. The summed E-state index contributed by atoms with van der Waals surface area (Å²) < 4.78 is 6.16. The van der Waals surface area contributed by atoms with Crippen LogP contribution in [0.1, 0.15) is 45.4 Å². The van der Waals surface area contributed by atoms with Gasteiger partial charge in [-0.2, -0.15) is 0 Å². The maximum absolute atomic E-state index is 11.9. The van der Waals surface area contributed by atoms with Crippen LogP contribution in [0.5, 0.6) is 0 Å². The van der Waals surface area contributed by atoms with Crippen LogP contribution in [0.3, 0.4) is 0 Å². The summed E-state index contributed by atoms with van der Waals surface area (Å²) in [6.45, 7) is 9.52. The minimum Gasteiger partial charge on any atom is -0.378 e. The van der Waals surface area contributed by atoms with E-state index in [0.717, 1.165) is 50.0 Å². The van der Waals surface area contributed by atoms with Crippen molar-refractivity contribution in [2.45, 2.75) is 51.6 Å². The monoisotopic (exact) mass is 364 g/mol. The molecule has 0 radical (unpaired) electrons. The van der Waals surface area contributed by atoms with Gasteiger partial charge in [-0.1, -0.05) is 25.0 Å². The molecule has 1 aliphatic carbocycles. The van der Waals surface area contributed by atoms with Crippen molar-refractivity contribution in [3.05, 3.63) is 12.2 Å². The molecule has 1 N–H and O–H groups in total. The Morgan fingerprint density at radius 2 is 1.88 bits per heavy atom. The van der Waals surface area contributed by atoms with E-state index in [1.807, 2.05) is 6.92 Å². The van der Waals surface area contributed by atoms with E-state index in [1.165, 1.54) is 25.7 Å². The molecule has 0 aromatic carbocycles. The second-order valence-electron chi connectivity index (χ2n) is 7.91. The molecule has 0 spiro atoms. The van der Waals surface area contributed by atoms with Gasteiger partial charge in [-0.05, 0) is 38.5 Å². The zero-order chi connectivity index (χ0) is 18.9. The third kappa shape index (κ3) is 6.98. The molecule has 0 aromatic heterocycles. The van der Waals surface area contributed by atoms with Crippen molar-refractivity contribution in [1.82, 2.24) is 15.1 Å². The van der Waals surface area contributed by atoms with Gasteiger partial charge < -0.3 is 19.9 Å². The number of guanidine groups is 1. The molecule has 0 aromatic rings. The van der Waals surface area contributed by atoms with Gasteiger partial charge in [0.15, 0.2) is 5.96 Å².